The zero-order valence-electron chi connectivity index (χ0n) is 17.5. The maximum atomic E-state index is 13.0. The van der Waals surface area contributed by atoms with Gasteiger partial charge in [-0.05, 0) is 59.6 Å². The zero-order chi connectivity index (χ0) is 22.1. The molecule has 6 heteroatoms. The number of rotatable bonds is 4. The summed E-state index contributed by atoms with van der Waals surface area (Å²) in [4.78, 5) is 13.4. The predicted molar refractivity (Wildman–Crippen MR) is 112 cm³/mol. The van der Waals surface area contributed by atoms with E-state index in [2.05, 4.69) is 49.9 Å². The van der Waals surface area contributed by atoms with Gasteiger partial charge in [0.1, 0.15) is 0 Å². The molecular weight excluding hydrogens is 391 g/mol. The van der Waals surface area contributed by atoms with E-state index in [0.29, 0.717) is 13.0 Å². The summed E-state index contributed by atoms with van der Waals surface area (Å²) in [6.07, 6.45) is -2.96. The molecule has 1 heterocycles. The van der Waals surface area contributed by atoms with Gasteiger partial charge in [-0.15, -0.1) is 0 Å². The van der Waals surface area contributed by atoms with Gasteiger partial charge < -0.3 is 10.0 Å². The summed E-state index contributed by atoms with van der Waals surface area (Å²) in [5.41, 5.74) is 2.34. The Bertz CT molecular complexity index is 867. The van der Waals surface area contributed by atoms with Gasteiger partial charge in [0.2, 0.25) is 0 Å². The molecule has 1 N–H and O–H groups in total. The molecule has 0 unspecified atom stereocenters. The Morgan fingerprint density at radius 3 is 2.07 bits per heavy atom. The number of halogens is 3. The van der Waals surface area contributed by atoms with Crippen LogP contribution >= 0.6 is 0 Å². The Balaban J connectivity index is 1.91. The highest BCUT2D eigenvalue weighted by Crippen LogP contribution is 2.40. The van der Waals surface area contributed by atoms with Crippen molar-refractivity contribution >= 4 is 11.7 Å². The number of piperidine rings is 1. The summed E-state index contributed by atoms with van der Waals surface area (Å²) in [7, 11) is 0. The van der Waals surface area contributed by atoms with Crippen LogP contribution < -0.4 is 4.90 Å². The van der Waals surface area contributed by atoms with Gasteiger partial charge in [-0.25, -0.2) is 0 Å². The van der Waals surface area contributed by atoms with Crippen molar-refractivity contribution in [3.8, 4) is 0 Å². The van der Waals surface area contributed by atoms with E-state index < -0.39 is 17.7 Å². The number of alkyl halides is 3. The van der Waals surface area contributed by atoms with Gasteiger partial charge in [0.15, 0.2) is 0 Å². The van der Waals surface area contributed by atoms with E-state index in [9.17, 15) is 23.1 Å². The van der Waals surface area contributed by atoms with Crippen molar-refractivity contribution in [3.63, 3.8) is 0 Å². The normalized spacial score (nSPS) is 20.3. The Kier molecular flexibility index (Phi) is 6.16. The minimum Gasteiger partial charge on any atom is -0.481 e. The second kappa shape index (κ2) is 8.32. The Labute approximate surface area is 175 Å². The number of benzene rings is 2. The molecule has 3 rings (SSSR count). The number of carboxylic acids is 1. The second-order valence-corrected chi connectivity index (χ2v) is 9.11. The summed E-state index contributed by atoms with van der Waals surface area (Å²) in [5.74, 6) is -0.839. The van der Waals surface area contributed by atoms with E-state index >= 15 is 0 Å². The van der Waals surface area contributed by atoms with Gasteiger partial charge in [-0.1, -0.05) is 45.0 Å². The number of anilines is 1. The van der Waals surface area contributed by atoms with E-state index in [-0.39, 0.29) is 23.8 Å². The summed E-state index contributed by atoms with van der Waals surface area (Å²) in [6, 6.07) is 13.4. The highest BCUT2D eigenvalue weighted by molar-refractivity contribution is 5.67. The number of carbonyl (C=O) groups is 1. The number of aliphatic carboxylic acids is 1. The van der Waals surface area contributed by atoms with Crippen molar-refractivity contribution in [2.75, 3.05) is 11.4 Å². The number of hydrogen-bond acceptors (Lipinski definition) is 2. The molecule has 0 saturated carbocycles. The van der Waals surface area contributed by atoms with Crippen molar-refractivity contribution in [2.45, 2.75) is 57.7 Å². The molecule has 162 valence electrons. The van der Waals surface area contributed by atoms with Crippen LogP contribution in [0.2, 0.25) is 0 Å². The Hall–Kier alpha value is -2.50. The van der Waals surface area contributed by atoms with E-state index in [4.69, 9.17) is 0 Å². The molecule has 1 aliphatic rings. The average molecular weight is 419 g/mol. The van der Waals surface area contributed by atoms with E-state index in [0.717, 1.165) is 29.8 Å². The third-order valence-electron chi connectivity index (χ3n) is 5.86. The summed E-state index contributed by atoms with van der Waals surface area (Å²) in [5, 5.41) is 9.20. The number of hydrogen-bond donors (Lipinski definition) is 1. The maximum Gasteiger partial charge on any atom is 0.416 e. The molecule has 1 saturated heterocycles. The van der Waals surface area contributed by atoms with Crippen molar-refractivity contribution < 1.29 is 23.1 Å². The highest BCUT2D eigenvalue weighted by Gasteiger charge is 2.33. The molecule has 0 aromatic heterocycles. The first kappa shape index (κ1) is 22.2. The molecule has 2 aromatic rings. The van der Waals surface area contributed by atoms with Gasteiger partial charge >= 0.3 is 12.1 Å². The van der Waals surface area contributed by atoms with Crippen molar-refractivity contribution in [1.29, 1.82) is 0 Å². The lowest BCUT2D eigenvalue weighted by Crippen LogP contribution is -2.37. The van der Waals surface area contributed by atoms with Crippen LogP contribution in [0.25, 0.3) is 0 Å². The standard InChI is InChI=1S/C24H28F3NO2/c1-23(2,3)18-8-10-20(11-9-18)28-13-12-16(15-22(29)30)14-21(28)17-4-6-19(7-5-17)24(25,26)27/h4-11,16,21H,12-15H2,1-3H3,(H,29,30)/t16-,21+/m1/s1. The largest absolute Gasteiger partial charge is 0.481 e. The molecule has 0 aliphatic carbocycles. The topological polar surface area (TPSA) is 40.5 Å². The van der Waals surface area contributed by atoms with Gasteiger partial charge in [0, 0.05) is 18.7 Å². The lowest BCUT2D eigenvalue weighted by molar-refractivity contribution is -0.139. The molecule has 2 atom stereocenters. The Morgan fingerprint density at radius 2 is 1.57 bits per heavy atom. The van der Waals surface area contributed by atoms with Crippen LogP contribution in [-0.2, 0) is 16.4 Å². The fraction of sp³-hybridized carbons (Fsp3) is 0.458. The Morgan fingerprint density at radius 1 is 1.00 bits per heavy atom. The van der Waals surface area contributed by atoms with E-state index in [1.54, 1.807) is 0 Å². The van der Waals surface area contributed by atoms with Crippen molar-refractivity contribution in [3.05, 3.63) is 65.2 Å². The summed E-state index contributed by atoms with van der Waals surface area (Å²) in [6.45, 7) is 7.09. The van der Waals surface area contributed by atoms with Gasteiger partial charge in [0.05, 0.1) is 11.6 Å². The first-order valence-electron chi connectivity index (χ1n) is 10.2. The first-order chi connectivity index (χ1) is 13.9. The molecule has 0 radical (unpaired) electrons. The number of nitrogens with zero attached hydrogens (tertiary/aromatic N) is 1. The van der Waals surface area contributed by atoms with Gasteiger partial charge in [-0.3, -0.25) is 4.79 Å². The third kappa shape index (κ3) is 5.15. The minimum atomic E-state index is -4.38. The zero-order valence-corrected chi connectivity index (χ0v) is 17.5. The summed E-state index contributed by atoms with van der Waals surface area (Å²) >= 11 is 0. The van der Waals surface area contributed by atoms with Crippen LogP contribution in [0.1, 0.15) is 62.8 Å². The van der Waals surface area contributed by atoms with Gasteiger partial charge in [-0.2, -0.15) is 13.2 Å². The van der Waals surface area contributed by atoms with Crippen LogP contribution in [0.3, 0.4) is 0 Å². The SMILES string of the molecule is CC(C)(C)c1ccc(N2CC[C@@H](CC(=O)O)C[C@H]2c2ccc(C(F)(F)F)cc2)cc1. The minimum absolute atomic E-state index is 0.000101. The van der Waals surface area contributed by atoms with Crippen LogP contribution in [-0.4, -0.2) is 17.6 Å². The van der Waals surface area contributed by atoms with Crippen LogP contribution in [0, 0.1) is 5.92 Å². The molecule has 30 heavy (non-hydrogen) atoms. The molecule has 0 amide bonds. The molecule has 0 bridgehead atoms. The molecule has 3 nitrogen and oxygen atoms in total. The summed E-state index contributed by atoms with van der Waals surface area (Å²) < 4.78 is 38.9. The first-order valence-corrected chi connectivity index (χ1v) is 10.2. The smallest absolute Gasteiger partial charge is 0.416 e. The van der Waals surface area contributed by atoms with Crippen LogP contribution in [0.15, 0.2) is 48.5 Å². The predicted octanol–water partition coefficient (Wildman–Crippen LogP) is 6.44. The average Bonchev–Trinajstić information content (AvgIpc) is 2.66. The highest BCUT2D eigenvalue weighted by atomic mass is 19.4. The lowest BCUT2D eigenvalue weighted by atomic mass is 9.84. The fourth-order valence-electron chi connectivity index (χ4n) is 4.14. The maximum absolute atomic E-state index is 13.0. The van der Waals surface area contributed by atoms with Crippen LogP contribution in [0.5, 0.6) is 0 Å². The molecule has 2 aromatic carbocycles. The molecule has 0 spiro atoms. The lowest BCUT2D eigenvalue weighted by Gasteiger charge is -2.41. The van der Waals surface area contributed by atoms with E-state index in [1.807, 2.05) is 0 Å². The molecule has 1 fully saturated rings. The van der Waals surface area contributed by atoms with E-state index in [1.165, 1.54) is 17.7 Å². The van der Waals surface area contributed by atoms with Crippen LogP contribution in [0.4, 0.5) is 18.9 Å². The second-order valence-electron chi connectivity index (χ2n) is 9.11. The van der Waals surface area contributed by atoms with Gasteiger partial charge in [0.25, 0.3) is 0 Å². The fourth-order valence-corrected chi connectivity index (χ4v) is 4.14. The van der Waals surface area contributed by atoms with Crippen molar-refractivity contribution in [2.24, 2.45) is 5.92 Å². The third-order valence-corrected chi connectivity index (χ3v) is 5.86. The number of carboxylic acid groups (broad SMARTS) is 1. The molecular formula is C24H28F3NO2. The van der Waals surface area contributed by atoms with Crippen molar-refractivity contribution in [1.82, 2.24) is 0 Å². The molecule has 1 aliphatic heterocycles. The monoisotopic (exact) mass is 419 g/mol. The quantitative estimate of drug-likeness (QED) is 0.620.